The number of nitrogens with one attached hydrogen (secondary N) is 1. The molecule has 0 spiro atoms. The number of halogens is 4. The summed E-state index contributed by atoms with van der Waals surface area (Å²) < 4.78 is 45.7. The Labute approximate surface area is 204 Å². The van der Waals surface area contributed by atoms with Gasteiger partial charge in [0.1, 0.15) is 24.0 Å². The second-order valence-corrected chi connectivity index (χ2v) is 7.54. The maximum Gasteiger partial charge on any atom is 0.573 e. The summed E-state index contributed by atoms with van der Waals surface area (Å²) in [7, 11) is 0. The van der Waals surface area contributed by atoms with Crippen molar-refractivity contribution in [1.82, 2.24) is 0 Å². The first-order valence-corrected chi connectivity index (χ1v) is 10.5. The molecule has 3 aromatic rings. The zero-order chi connectivity index (χ0) is 25.4. The Morgan fingerprint density at radius 2 is 1.66 bits per heavy atom. The molecule has 0 heterocycles. The molecule has 0 saturated carbocycles. The summed E-state index contributed by atoms with van der Waals surface area (Å²) in [5.74, 6) is -0.201. The number of aliphatic imine (C=N–C) groups is 2. The molecule has 0 radical (unpaired) electrons. The van der Waals surface area contributed by atoms with E-state index >= 15 is 0 Å². The minimum Gasteiger partial charge on any atom is -0.441 e. The number of benzene rings is 3. The predicted molar refractivity (Wildman–Crippen MR) is 128 cm³/mol. The molecule has 3 aromatic carbocycles. The Morgan fingerprint density at radius 3 is 2.26 bits per heavy atom. The zero-order valence-electron chi connectivity index (χ0n) is 18.3. The maximum absolute atomic E-state index is 12.2. The van der Waals surface area contributed by atoms with Crippen LogP contribution in [0.5, 0.6) is 5.75 Å². The molecule has 0 aliphatic carbocycles. The number of carbonyl (C=O) groups is 1. The largest absolute Gasteiger partial charge is 0.573 e. The second kappa shape index (κ2) is 11.4. The third kappa shape index (κ3) is 8.35. The van der Waals surface area contributed by atoms with E-state index in [0.29, 0.717) is 22.0 Å². The van der Waals surface area contributed by atoms with Gasteiger partial charge >= 0.3 is 12.5 Å². The van der Waals surface area contributed by atoms with Crippen molar-refractivity contribution in [2.45, 2.75) is 19.4 Å². The van der Waals surface area contributed by atoms with Crippen LogP contribution in [0.1, 0.15) is 24.2 Å². The molecule has 0 aromatic heterocycles. The van der Waals surface area contributed by atoms with Crippen LogP contribution in [0.4, 0.5) is 29.3 Å². The van der Waals surface area contributed by atoms with Crippen molar-refractivity contribution in [3.05, 3.63) is 88.9 Å². The highest BCUT2D eigenvalue weighted by atomic mass is 35.5. The lowest BCUT2D eigenvalue weighted by molar-refractivity contribution is -0.274. The fraction of sp³-hybridized carbons (Fsp3) is 0.125. The highest BCUT2D eigenvalue weighted by Gasteiger charge is 2.30. The molecule has 1 amide bonds. The number of anilines is 1. The van der Waals surface area contributed by atoms with Gasteiger partial charge in [-0.25, -0.2) is 14.8 Å². The minimum atomic E-state index is -4.76. The van der Waals surface area contributed by atoms with Gasteiger partial charge in [-0.15, -0.1) is 13.2 Å². The number of rotatable bonds is 7. The van der Waals surface area contributed by atoms with Gasteiger partial charge in [-0.1, -0.05) is 23.7 Å². The van der Waals surface area contributed by atoms with Crippen molar-refractivity contribution < 1.29 is 27.4 Å². The van der Waals surface area contributed by atoms with Gasteiger partial charge in [0.25, 0.3) is 0 Å². The van der Waals surface area contributed by atoms with Crippen LogP contribution in [0.2, 0.25) is 5.02 Å². The molecular formula is C24H20ClF3N4O3. The van der Waals surface area contributed by atoms with Gasteiger partial charge in [0, 0.05) is 16.3 Å². The van der Waals surface area contributed by atoms with Gasteiger partial charge in [-0.2, -0.15) is 0 Å². The highest BCUT2D eigenvalue weighted by molar-refractivity contribution is 6.30. The Balaban J connectivity index is 1.53. The van der Waals surface area contributed by atoms with Crippen molar-refractivity contribution in [3.63, 3.8) is 0 Å². The third-order valence-corrected chi connectivity index (χ3v) is 4.78. The number of nitrogens with zero attached hydrogens (tertiary/aromatic N) is 2. The van der Waals surface area contributed by atoms with E-state index in [9.17, 15) is 18.0 Å². The molecule has 0 aliphatic heterocycles. The molecule has 0 saturated heterocycles. The molecule has 0 fully saturated rings. The normalized spacial score (nSPS) is 12.9. The molecule has 0 aliphatic rings. The maximum atomic E-state index is 12.2. The molecule has 1 unspecified atom stereocenters. The Morgan fingerprint density at radius 1 is 1.03 bits per heavy atom. The van der Waals surface area contributed by atoms with E-state index in [2.05, 4.69) is 20.0 Å². The summed E-state index contributed by atoms with van der Waals surface area (Å²) in [4.78, 5) is 20.2. The van der Waals surface area contributed by atoms with Gasteiger partial charge in [-0.05, 0) is 73.2 Å². The van der Waals surface area contributed by atoms with Crippen LogP contribution in [0.3, 0.4) is 0 Å². The number of amides is 1. The van der Waals surface area contributed by atoms with Crippen LogP contribution in [-0.4, -0.2) is 24.6 Å². The quantitative estimate of drug-likeness (QED) is 0.279. The van der Waals surface area contributed by atoms with Crippen LogP contribution in [0.25, 0.3) is 0 Å². The molecule has 3 N–H and O–H groups in total. The molecule has 11 heteroatoms. The minimum absolute atomic E-state index is 0.149. The third-order valence-electron chi connectivity index (χ3n) is 4.52. The first-order chi connectivity index (χ1) is 16.6. The molecule has 1 atom stereocenters. The van der Waals surface area contributed by atoms with E-state index in [1.807, 2.05) is 0 Å². The van der Waals surface area contributed by atoms with E-state index < -0.39 is 18.6 Å². The molecule has 182 valence electrons. The van der Waals surface area contributed by atoms with Gasteiger partial charge in [-0.3, -0.25) is 5.32 Å². The SMILES string of the molecule is CC(OC(=O)Nc1ccc(C(N)=NC=Nc2ccc(OC(F)(F)F)cc2)cc1)c1ccc(Cl)cc1. The van der Waals surface area contributed by atoms with E-state index in [4.69, 9.17) is 22.1 Å². The van der Waals surface area contributed by atoms with Gasteiger partial charge in [0.15, 0.2) is 0 Å². The smallest absolute Gasteiger partial charge is 0.441 e. The number of hydrogen-bond donors (Lipinski definition) is 2. The number of alkyl halides is 3. The topological polar surface area (TPSA) is 98.3 Å². The molecule has 0 bridgehead atoms. The predicted octanol–water partition coefficient (Wildman–Crippen LogP) is 6.61. The van der Waals surface area contributed by atoms with Crippen molar-refractivity contribution in [2.24, 2.45) is 15.7 Å². The van der Waals surface area contributed by atoms with Crippen LogP contribution in [0.15, 0.2) is 82.8 Å². The summed E-state index contributed by atoms with van der Waals surface area (Å²) in [5, 5.41) is 3.22. The van der Waals surface area contributed by atoms with Gasteiger partial charge in [0.2, 0.25) is 0 Å². The highest BCUT2D eigenvalue weighted by Crippen LogP contribution is 2.25. The lowest BCUT2D eigenvalue weighted by Crippen LogP contribution is -2.17. The van der Waals surface area contributed by atoms with Gasteiger partial charge in [0.05, 0.1) is 5.69 Å². The molecule has 3 rings (SSSR count). The van der Waals surface area contributed by atoms with E-state index in [-0.39, 0.29) is 11.6 Å². The zero-order valence-corrected chi connectivity index (χ0v) is 19.0. The van der Waals surface area contributed by atoms with Crippen LogP contribution >= 0.6 is 11.6 Å². The fourth-order valence-corrected chi connectivity index (χ4v) is 2.93. The summed E-state index contributed by atoms with van der Waals surface area (Å²) in [6.07, 6.45) is -4.68. The molecular weight excluding hydrogens is 485 g/mol. The lowest BCUT2D eigenvalue weighted by Gasteiger charge is -2.14. The fourth-order valence-electron chi connectivity index (χ4n) is 2.80. The second-order valence-electron chi connectivity index (χ2n) is 7.10. The van der Waals surface area contributed by atoms with Crippen molar-refractivity contribution in [3.8, 4) is 5.75 Å². The number of nitrogens with two attached hydrogens (primary N) is 1. The number of amidine groups is 1. The summed E-state index contributed by atoms with van der Waals surface area (Å²) in [6.45, 7) is 1.75. The Bertz CT molecular complexity index is 1200. The molecule has 7 nitrogen and oxygen atoms in total. The first-order valence-electron chi connectivity index (χ1n) is 10.1. The van der Waals surface area contributed by atoms with Crippen molar-refractivity contribution in [2.75, 3.05) is 5.32 Å². The van der Waals surface area contributed by atoms with Crippen molar-refractivity contribution >= 4 is 41.2 Å². The van der Waals surface area contributed by atoms with E-state index in [1.54, 1.807) is 55.5 Å². The average Bonchev–Trinajstić information content (AvgIpc) is 2.80. The molecule has 35 heavy (non-hydrogen) atoms. The van der Waals surface area contributed by atoms with Crippen LogP contribution < -0.4 is 15.8 Å². The summed E-state index contributed by atoms with van der Waals surface area (Å²) in [5.41, 5.74) is 8.16. The Hall–Kier alpha value is -4.05. The van der Waals surface area contributed by atoms with E-state index in [1.165, 1.54) is 18.5 Å². The number of carbonyl (C=O) groups excluding carboxylic acids is 1. The number of ether oxygens (including phenoxy) is 2. The van der Waals surface area contributed by atoms with Gasteiger partial charge < -0.3 is 15.2 Å². The summed E-state index contributed by atoms with van der Waals surface area (Å²) in [6, 6.07) is 18.5. The Kier molecular flexibility index (Phi) is 8.32. The standard InChI is InChI=1S/C24H20ClF3N4O3/c1-15(16-2-6-18(25)7-3-16)34-23(33)32-20-8-4-17(5-9-20)22(29)31-14-30-19-10-12-21(13-11-19)35-24(26,27)28/h2-15H,1H3,(H,32,33)(H2,29,30,31). The van der Waals surface area contributed by atoms with Crippen LogP contribution in [0, 0.1) is 0 Å². The first kappa shape index (κ1) is 25.6. The van der Waals surface area contributed by atoms with Crippen molar-refractivity contribution in [1.29, 1.82) is 0 Å². The average molecular weight is 505 g/mol. The van der Waals surface area contributed by atoms with E-state index in [0.717, 1.165) is 17.7 Å². The monoisotopic (exact) mass is 504 g/mol. The number of hydrogen-bond acceptors (Lipinski definition) is 4. The lowest BCUT2D eigenvalue weighted by atomic mass is 10.1. The van der Waals surface area contributed by atoms with Crippen LogP contribution in [-0.2, 0) is 4.74 Å². The summed E-state index contributed by atoms with van der Waals surface area (Å²) >= 11 is 5.86.